The number of halogens is 1. The number of carboxylic acid groups (broad SMARTS) is 1. The number of benzene rings is 3. The van der Waals surface area contributed by atoms with Crippen molar-refractivity contribution in [2.45, 2.75) is 78.2 Å². The van der Waals surface area contributed by atoms with E-state index in [0.717, 1.165) is 65.7 Å². The van der Waals surface area contributed by atoms with Crippen molar-refractivity contribution < 1.29 is 19.0 Å². The molecule has 39 heavy (non-hydrogen) atoms. The minimum atomic E-state index is -0.705. The van der Waals surface area contributed by atoms with Crippen LogP contribution in [0.1, 0.15) is 80.7 Å². The minimum absolute atomic E-state index is 0.0163. The second-order valence-corrected chi connectivity index (χ2v) is 12.8. The number of aliphatic carboxylic acids is 1. The smallest absolute Gasteiger partial charge is 0.310 e. The van der Waals surface area contributed by atoms with Gasteiger partial charge in [-0.25, -0.2) is 4.39 Å². The summed E-state index contributed by atoms with van der Waals surface area (Å²) in [5.41, 5.74) is 7.38. The molecule has 0 amide bonds. The second kappa shape index (κ2) is 9.08. The van der Waals surface area contributed by atoms with Crippen LogP contribution in [0.2, 0.25) is 0 Å². The van der Waals surface area contributed by atoms with Gasteiger partial charge in [-0.2, -0.15) is 0 Å². The van der Waals surface area contributed by atoms with Crippen molar-refractivity contribution in [3.8, 4) is 16.9 Å². The number of fused-ring (bicyclic) bond motifs is 2. The lowest BCUT2D eigenvalue weighted by atomic mass is 9.75. The number of rotatable bonds is 6. The van der Waals surface area contributed by atoms with Crippen LogP contribution in [0, 0.1) is 23.6 Å². The van der Waals surface area contributed by atoms with Gasteiger partial charge < -0.3 is 9.84 Å². The van der Waals surface area contributed by atoms with E-state index in [2.05, 4.69) is 38.1 Å². The van der Waals surface area contributed by atoms with E-state index in [0.29, 0.717) is 18.6 Å². The van der Waals surface area contributed by atoms with Crippen molar-refractivity contribution >= 4 is 11.5 Å². The Labute approximate surface area is 230 Å². The monoisotopic (exact) mass is 524 g/mol. The predicted octanol–water partition coefficient (Wildman–Crippen LogP) is 8.65. The third-order valence-electron chi connectivity index (χ3n) is 9.74. The maximum atomic E-state index is 15.0. The van der Waals surface area contributed by atoms with Crippen LogP contribution < -0.4 is 4.74 Å². The molecule has 0 heterocycles. The largest absolute Gasteiger partial charge is 0.489 e. The van der Waals surface area contributed by atoms with Crippen molar-refractivity contribution in [3.63, 3.8) is 0 Å². The first kappa shape index (κ1) is 25.9. The highest BCUT2D eigenvalue weighted by Crippen LogP contribution is 2.69. The van der Waals surface area contributed by atoms with Crippen LogP contribution in [0.25, 0.3) is 16.7 Å². The molecule has 1 spiro atoms. The lowest BCUT2D eigenvalue weighted by Gasteiger charge is -2.29. The summed E-state index contributed by atoms with van der Waals surface area (Å²) >= 11 is 0. The van der Waals surface area contributed by atoms with E-state index < -0.39 is 11.4 Å². The molecule has 1 fully saturated rings. The van der Waals surface area contributed by atoms with Crippen LogP contribution in [0.15, 0.2) is 60.7 Å². The molecule has 0 bridgehead atoms. The molecule has 3 aromatic rings. The van der Waals surface area contributed by atoms with Gasteiger partial charge in [0.25, 0.3) is 0 Å². The molecule has 0 aromatic heterocycles. The highest BCUT2D eigenvalue weighted by atomic mass is 19.1. The van der Waals surface area contributed by atoms with Crippen LogP contribution in [0.3, 0.4) is 0 Å². The lowest BCUT2D eigenvalue weighted by Crippen LogP contribution is -2.27. The molecule has 0 radical (unpaired) electrons. The van der Waals surface area contributed by atoms with Gasteiger partial charge in [0, 0.05) is 11.0 Å². The zero-order valence-corrected chi connectivity index (χ0v) is 23.4. The van der Waals surface area contributed by atoms with Gasteiger partial charge >= 0.3 is 5.97 Å². The van der Waals surface area contributed by atoms with Crippen molar-refractivity contribution in [1.82, 2.24) is 0 Å². The molecule has 3 aromatic carbocycles. The van der Waals surface area contributed by atoms with Gasteiger partial charge in [0.05, 0.1) is 5.41 Å². The van der Waals surface area contributed by atoms with Crippen LogP contribution in [-0.4, -0.2) is 11.1 Å². The quantitative estimate of drug-likeness (QED) is 0.351. The predicted molar refractivity (Wildman–Crippen MR) is 153 cm³/mol. The van der Waals surface area contributed by atoms with Gasteiger partial charge in [-0.3, -0.25) is 4.79 Å². The van der Waals surface area contributed by atoms with Gasteiger partial charge in [-0.15, -0.1) is 0 Å². The molecular formula is C35H37FO3. The SMILES string of the molecule is Cc1ccc(F)c(-c2ccc(COc3ccc4c(c3)[C@@]3(CCC4)C[C@]3(C)C(=O)O)cc2C2=CCCC2(C)C)c1. The maximum Gasteiger partial charge on any atom is 0.310 e. The van der Waals surface area contributed by atoms with E-state index in [-0.39, 0.29) is 16.6 Å². The molecule has 1 saturated carbocycles. The fourth-order valence-electron chi connectivity index (χ4n) is 7.23. The van der Waals surface area contributed by atoms with Crippen LogP contribution >= 0.6 is 0 Å². The van der Waals surface area contributed by atoms with Crippen molar-refractivity contribution in [1.29, 1.82) is 0 Å². The average Bonchev–Trinajstić information content (AvgIpc) is 3.35. The number of aryl methyl sites for hydroxylation is 2. The number of ether oxygens (including phenoxy) is 1. The Balaban J connectivity index is 1.32. The third kappa shape index (κ3) is 4.20. The summed E-state index contributed by atoms with van der Waals surface area (Å²) in [6.07, 6.45) is 8.01. The van der Waals surface area contributed by atoms with Gasteiger partial charge in [-0.1, -0.05) is 49.8 Å². The summed E-state index contributed by atoms with van der Waals surface area (Å²) in [5, 5.41) is 9.91. The third-order valence-corrected chi connectivity index (χ3v) is 9.74. The topological polar surface area (TPSA) is 46.5 Å². The standard InChI is InChI=1S/C35H37FO3/c1-22-9-14-31(36)28(17-22)26-13-10-23(18-27(26)29-8-6-15-33(29,2)3)20-39-25-12-11-24-7-5-16-35(30(24)19-25)21-34(35,4)32(37)38/h8-14,17-19H,5-7,15-16,20-21H2,1-4H3,(H,37,38)/t34-,35-/m1/s1. The average molecular weight is 525 g/mol. The van der Waals surface area contributed by atoms with E-state index >= 15 is 4.39 Å². The highest BCUT2D eigenvalue weighted by Gasteiger charge is 2.70. The van der Waals surface area contributed by atoms with E-state index in [4.69, 9.17) is 4.74 Å². The fraction of sp³-hybridized carbons (Fsp3) is 0.400. The van der Waals surface area contributed by atoms with E-state index in [1.54, 1.807) is 6.07 Å². The zero-order chi connectivity index (χ0) is 27.6. The van der Waals surface area contributed by atoms with Crippen molar-refractivity contribution in [2.24, 2.45) is 10.8 Å². The Kier molecular flexibility index (Phi) is 6.02. The Morgan fingerprint density at radius 3 is 2.51 bits per heavy atom. The first-order valence-corrected chi connectivity index (χ1v) is 14.1. The summed E-state index contributed by atoms with van der Waals surface area (Å²) < 4.78 is 21.3. The number of hydrogen-bond acceptors (Lipinski definition) is 2. The highest BCUT2D eigenvalue weighted by molar-refractivity contribution is 5.85. The summed E-state index contributed by atoms with van der Waals surface area (Å²) in [4.78, 5) is 12.1. The summed E-state index contributed by atoms with van der Waals surface area (Å²) in [5.74, 6) is -0.146. The summed E-state index contributed by atoms with van der Waals surface area (Å²) in [7, 11) is 0. The lowest BCUT2D eigenvalue weighted by molar-refractivity contribution is -0.143. The first-order chi connectivity index (χ1) is 18.5. The molecular weight excluding hydrogens is 487 g/mol. The summed E-state index contributed by atoms with van der Waals surface area (Å²) in [6.45, 7) is 8.79. The van der Waals surface area contributed by atoms with Gasteiger partial charge in [0.15, 0.2) is 0 Å². The molecule has 3 aliphatic rings. The summed E-state index contributed by atoms with van der Waals surface area (Å²) in [6, 6.07) is 17.7. The first-order valence-electron chi connectivity index (χ1n) is 14.1. The number of carboxylic acids is 1. The molecule has 0 saturated heterocycles. The number of carbonyl (C=O) groups is 1. The fourth-order valence-corrected chi connectivity index (χ4v) is 7.23. The number of hydrogen-bond donors (Lipinski definition) is 1. The second-order valence-electron chi connectivity index (χ2n) is 12.8. The van der Waals surface area contributed by atoms with Gasteiger partial charge in [0.1, 0.15) is 18.2 Å². The zero-order valence-electron chi connectivity index (χ0n) is 23.4. The molecule has 4 heteroatoms. The molecule has 0 unspecified atom stereocenters. The Morgan fingerprint density at radius 1 is 0.974 bits per heavy atom. The minimum Gasteiger partial charge on any atom is -0.489 e. The van der Waals surface area contributed by atoms with Gasteiger partial charge in [0.2, 0.25) is 0 Å². The van der Waals surface area contributed by atoms with Crippen LogP contribution in [-0.2, 0) is 23.2 Å². The van der Waals surface area contributed by atoms with Crippen molar-refractivity contribution in [3.05, 3.63) is 94.3 Å². The van der Waals surface area contributed by atoms with Crippen molar-refractivity contribution in [2.75, 3.05) is 0 Å². The molecule has 3 nitrogen and oxygen atoms in total. The molecule has 3 aliphatic carbocycles. The Hall–Kier alpha value is -3.40. The Morgan fingerprint density at radius 2 is 1.79 bits per heavy atom. The van der Waals surface area contributed by atoms with Gasteiger partial charge in [-0.05, 0) is 122 Å². The normalized spacial score (nSPS) is 24.8. The van der Waals surface area contributed by atoms with Crippen LogP contribution in [0.4, 0.5) is 4.39 Å². The molecule has 1 N–H and O–H groups in total. The van der Waals surface area contributed by atoms with E-state index in [1.165, 1.54) is 11.1 Å². The van der Waals surface area contributed by atoms with E-state index in [9.17, 15) is 9.90 Å². The molecule has 6 rings (SSSR count). The Bertz CT molecular complexity index is 1520. The molecule has 0 aliphatic heterocycles. The maximum absolute atomic E-state index is 15.0. The molecule has 2 atom stereocenters. The van der Waals surface area contributed by atoms with Crippen LogP contribution in [0.5, 0.6) is 5.75 Å². The molecule has 202 valence electrons. The van der Waals surface area contributed by atoms with E-state index in [1.807, 2.05) is 44.2 Å². The number of allylic oxidation sites excluding steroid dienone is 2.